The number of carbonyl (C=O) groups is 1. The lowest BCUT2D eigenvalue weighted by Crippen LogP contribution is -2.14. The van der Waals surface area contributed by atoms with Gasteiger partial charge in [-0.15, -0.1) is 11.3 Å². The number of hydrogen-bond donors (Lipinski definition) is 2. The first-order chi connectivity index (χ1) is 7.70. The van der Waals surface area contributed by atoms with Gasteiger partial charge in [0.1, 0.15) is 0 Å². The third kappa shape index (κ3) is 1.98. The fourth-order valence-corrected chi connectivity index (χ4v) is 2.33. The number of hydrogen-bond acceptors (Lipinski definition) is 3. The van der Waals surface area contributed by atoms with Crippen molar-refractivity contribution in [2.45, 2.75) is 6.04 Å². The lowest BCUT2D eigenvalue weighted by molar-refractivity contribution is 0.0695. The van der Waals surface area contributed by atoms with Crippen molar-refractivity contribution in [2.75, 3.05) is 0 Å². The molecule has 2 aromatic rings. The molecule has 0 aliphatic rings. The van der Waals surface area contributed by atoms with Gasteiger partial charge in [-0.05, 0) is 23.1 Å². The monoisotopic (exact) mass is 233 g/mol. The Morgan fingerprint density at radius 2 is 2.00 bits per heavy atom. The van der Waals surface area contributed by atoms with Crippen LogP contribution >= 0.6 is 11.3 Å². The lowest BCUT2D eigenvalue weighted by Gasteiger charge is -2.12. The summed E-state index contributed by atoms with van der Waals surface area (Å²) >= 11 is 1.53. The Labute approximate surface area is 97.2 Å². The van der Waals surface area contributed by atoms with Crippen molar-refractivity contribution in [1.29, 1.82) is 0 Å². The molecule has 0 saturated carbocycles. The summed E-state index contributed by atoms with van der Waals surface area (Å²) in [5.74, 6) is -0.942. The Bertz CT molecular complexity index is 493. The van der Waals surface area contributed by atoms with Crippen LogP contribution in [0.5, 0.6) is 0 Å². The number of thiophene rings is 1. The molecule has 0 amide bonds. The summed E-state index contributed by atoms with van der Waals surface area (Å²) in [6, 6.07) is 10.3. The van der Waals surface area contributed by atoms with E-state index >= 15 is 0 Å². The van der Waals surface area contributed by atoms with Gasteiger partial charge in [-0.2, -0.15) is 0 Å². The first kappa shape index (κ1) is 10.9. The molecule has 3 N–H and O–H groups in total. The van der Waals surface area contributed by atoms with Crippen LogP contribution in [0.1, 0.15) is 26.8 Å². The van der Waals surface area contributed by atoms with E-state index in [4.69, 9.17) is 10.8 Å². The molecule has 0 aliphatic carbocycles. The van der Waals surface area contributed by atoms with Gasteiger partial charge >= 0.3 is 5.97 Å². The molecule has 3 nitrogen and oxygen atoms in total. The molecule has 1 aromatic heterocycles. The van der Waals surface area contributed by atoms with Gasteiger partial charge in [-0.3, -0.25) is 0 Å². The number of nitrogens with two attached hydrogens (primary N) is 1. The van der Waals surface area contributed by atoms with Crippen LogP contribution in [0, 0.1) is 0 Å². The third-order valence-corrected chi connectivity index (χ3v) is 3.33. The lowest BCUT2D eigenvalue weighted by atomic mass is 10.00. The van der Waals surface area contributed by atoms with Crippen molar-refractivity contribution < 1.29 is 9.90 Å². The summed E-state index contributed by atoms with van der Waals surface area (Å²) in [6.45, 7) is 0. The smallest absolute Gasteiger partial charge is 0.336 e. The summed E-state index contributed by atoms with van der Waals surface area (Å²) in [5.41, 5.74) is 6.96. The molecular weight excluding hydrogens is 222 g/mol. The maximum absolute atomic E-state index is 11.0. The van der Waals surface area contributed by atoms with E-state index in [9.17, 15) is 4.79 Å². The highest BCUT2D eigenvalue weighted by Crippen LogP contribution is 2.26. The van der Waals surface area contributed by atoms with E-state index in [1.54, 1.807) is 24.3 Å². The number of carboxylic acid groups (broad SMARTS) is 1. The molecule has 1 aromatic carbocycles. The van der Waals surface area contributed by atoms with E-state index in [2.05, 4.69) is 0 Å². The Hall–Kier alpha value is -1.65. The minimum atomic E-state index is -0.942. The summed E-state index contributed by atoms with van der Waals surface area (Å²) in [4.78, 5) is 12.0. The van der Waals surface area contributed by atoms with E-state index < -0.39 is 5.97 Å². The van der Waals surface area contributed by atoms with Gasteiger partial charge in [0.25, 0.3) is 0 Å². The average molecular weight is 233 g/mol. The van der Waals surface area contributed by atoms with E-state index in [-0.39, 0.29) is 11.6 Å². The maximum atomic E-state index is 11.0. The van der Waals surface area contributed by atoms with Crippen LogP contribution in [0.25, 0.3) is 0 Å². The standard InChI is InChI=1S/C12H11NO2S/c13-11(10-6-3-7-16-10)8-4-1-2-5-9(8)12(14)15/h1-7,11H,13H2,(H,14,15)/t11-/m0/s1. The molecule has 16 heavy (non-hydrogen) atoms. The number of benzene rings is 1. The zero-order chi connectivity index (χ0) is 11.5. The molecule has 0 fully saturated rings. The Balaban J connectivity index is 2.44. The first-order valence-corrected chi connectivity index (χ1v) is 5.69. The Morgan fingerprint density at radius 3 is 2.62 bits per heavy atom. The van der Waals surface area contributed by atoms with Crippen LogP contribution in [0.2, 0.25) is 0 Å². The zero-order valence-corrected chi connectivity index (χ0v) is 9.28. The van der Waals surface area contributed by atoms with Crippen molar-refractivity contribution in [3.05, 3.63) is 57.8 Å². The van der Waals surface area contributed by atoms with Crippen molar-refractivity contribution in [2.24, 2.45) is 5.73 Å². The minimum Gasteiger partial charge on any atom is -0.478 e. The topological polar surface area (TPSA) is 63.3 Å². The predicted octanol–water partition coefficient (Wildman–Crippen LogP) is 2.49. The molecular formula is C12H11NO2S. The van der Waals surface area contributed by atoms with Gasteiger partial charge in [-0.25, -0.2) is 4.79 Å². The summed E-state index contributed by atoms with van der Waals surface area (Å²) in [6.07, 6.45) is 0. The quantitative estimate of drug-likeness (QED) is 0.856. The van der Waals surface area contributed by atoms with Gasteiger partial charge in [0.15, 0.2) is 0 Å². The van der Waals surface area contributed by atoms with Crippen LogP contribution in [-0.4, -0.2) is 11.1 Å². The average Bonchev–Trinajstić information content (AvgIpc) is 2.81. The van der Waals surface area contributed by atoms with Crippen LogP contribution in [0.3, 0.4) is 0 Å². The van der Waals surface area contributed by atoms with Gasteiger partial charge in [0, 0.05) is 4.88 Å². The fraction of sp³-hybridized carbons (Fsp3) is 0.0833. The highest BCUT2D eigenvalue weighted by Gasteiger charge is 2.17. The molecule has 82 valence electrons. The van der Waals surface area contributed by atoms with Crippen LogP contribution in [0.4, 0.5) is 0 Å². The normalized spacial score (nSPS) is 12.3. The van der Waals surface area contributed by atoms with Crippen molar-refractivity contribution in [3.8, 4) is 0 Å². The van der Waals surface area contributed by atoms with Crippen molar-refractivity contribution in [1.82, 2.24) is 0 Å². The van der Waals surface area contributed by atoms with Crippen molar-refractivity contribution in [3.63, 3.8) is 0 Å². The minimum absolute atomic E-state index is 0.267. The largest absolute Gasteiger partial charge is 0.478 e. The molecule has 0 saturated heterocycles. The maximum Gasteiger partial charge on any atom is 0.336 e. The van der Waals surface area contributed by atoms with Gasteiger partial charge in [0.2, 0.25) is 0 Å². The van der Waals surface area contributed by atoms with E-state index in [1.165, 1.54) is 11.3 Å². The predicted molar refractivity (Wildman–Crippen MR) is 63.8 cm³/mol. The molecule has 1 heterocycles. The number of carboxylic acids is 1. The highest BCUT2D eigenvalue weighted by molar-refractivity contribution is 7.10. The molecule has 1 atom stereocenters. The molecule has 0 spiro atoms. The molecule has 4 heteroatoms. The fourth-order valence-electron chi connectivity index (χ4n) is 1.58. The van der Waals surface area contributed by atoms with Crippen LogP contribution in [-0.2, 0) is 0 Å². The first-order valence-electron chi connectivity index (χ1n) is 4.81. The summed E-state index contributed by atoms with van der Waals surface area (Å²) in [5, 5.41) is 11.0. The van der Waals surface area contributed by atoms with Gasteiger partial charge in [-0.1, -0.05) is 24.3 Å². The van der Waals surface area contributed by atoms with E-state index in [1.807, 2.05) is 17.5 Å². The second kappa shape index (κ2) is 4.47. The Kier molecular flexibility index (Phi) is 3.03. The van der Waals surface area contributed by atoms with Crippen LogP contribution < -0.4 is 5.73 Å². The summed E-state index contributed by atoms with van der Waals surface area (Å²) in [7, 11) is 0. The SMILES string of the molecule is N[C@H](c1cccs1)c1ccccc1C(=O)O. The third-order valence-electron chi connectivity index (χ3n) is 2.38. The highest BCUT2D eigenvalue weighted by atomic mass is 32.1. The molecule has 2 rings (SSSR count). The summed E-state index contributed by atoms with van der Waals surface area (Å²) < 4.78 is 0. The molecule has 0 bridgehead atoms. The van der Waals surface area contributed by atoms with E-state index in [0.717, 1.165) is 4.88 Å². The zero-order valence-electron chi connectivity index (χ0n) is 8.46. The van der Waals surface area contributed by atoms with Crippen LogP contribution in [0.15, 0.2) is 41.8 Å². The molecule has 0 radical (unpaired) electrons. The number of rotatable bonds is 3. The van der Waals surface area contributed by atoms with E-state index in [0.29, 0.717) is 5.56 Å². The molecule has 0 aliphatic heterocycles. The Morgan fingerprint density at radius 1 is 1.25 bits per heavy atom. The van der Waals surface area contributed by atoms with Gasteiger partial charge < -0.3 is 10.8 Å². The number of aromatic carboxylic acids is 1. The van der Waals surface area contributed by atoms with Crippen molar-refractivity contribution >= 4 is 17.3 Å². The molecule has 0 unspecified atom stereocenters. The second-order valence-electron chi connectivity index (χ2n) is 3.39. The van der Waals surface area contributed by atoms with Gasteiger partial charge in [0.05, 0.1) is 11.6 Å². The second-order valence-corrected chi connectivity index (χ2v) is 4.36.